The van der Waals surface area contributed by atoms with Crippen molar-refractivity contribution in [1.82, 2.24) is 5.32 Å². The molecule has 2 aromatic rings. The molecule has 0 fully saturated rings. The standard InChI is InChI=1S/C16H19NO4/c1-10(12-4-6-14(20-3)7-5-12)17-9-13-8-15(16(18)19)21-11(13)2/h4-8,10,17H,9H2,1-3H3,(H,18,19). The second kappa shape index (κ2) is 6.45. The van der Waals surface area contributed by atoms with Crippen LogP contribution in [0.25, 0.3) is 0 Å². The summed E-state index contributed by atoms with van der Waals surface area (Å²) < 4.78 is 10.3. The molecule has 1 atom stereocenters. The highest BCUT2D eigenvalue weighted by molar-refractivity contribution is 5.84. The Morgan fingerprint density at radius 1 is 1.38 bits per heavy atom. The molecule has 0 saturated carbocycles. The first-order chi connectivity index (χ1) is 10.0. The number of methoxy groups -OCH3 is 1. The molecule has 112 valence electrons. The first-order valence-electron chi connectivity index (χ1n) is 6.71. The summed E-state index contributed by atoms with van der Waals surface area (Å²) in [5.74, 6) is 0.374. The van der Waals surface area contributed by atoms with Crippen molar-refractivity contribution < 1.29 is 19.1 Å². The van der Waals surface area contributed by atoms with Crippen LogP contribution in [0.4, 0.5) is 0 Å². The van der Waals surface area contributed by atoms with Gasteiger partial charge in [0, 0.05) is 18.2 Å². The average molecular weight is 289 g/mol. The number of aromatic carboxylic acids is 1. The number of nitrogens with one attached hydrogen (secondary N) is 1. The van der Waals surface area contributed by atoms with E-state index < -0.39 is 5.97 Å². The van der Waals surface area contributed by atoms with Gasteiger partial charge in [-0.2, -0.15) is 0 Å². The Morgan fingerprint density at radius 2 is 2.05 bits per heavy atom. The van der Waals surface area contributed by atoms with Crippen LogP contribution in [0.2, 0.25) is 0 Å². The highest BCUT2D eigenvalue weighted by atomic mass is 16.5. The van der Waals surface area contributed by atoms with Gasteiger partial charge in [0.25, 0.3) is 0 Å². The van der Waals surface area contributed by atoms with Crippen molar-refractivity contribution in [3.8, 4) is 5.75 Å². The Kier molecular flexibility index (Phi) is 4.65. The number of carboxylic acid groups (broad SMARTS) is 1. The third-order valence-corrected chi connectivity index (χ3v) is 3.45. The van der Waals surface area contributed by atoms with Crippen LogP contribution < -0.4 is 10.1 Å². The van der Waals surface area contributed by atoms with Gasteiger partial charge >= 0.3 is 5.97 Å². The zero-order valence-corrected chi connectivity index (χ0v) is 12.3. The Balaban J connectivity index is 1.99. The smallest absolute Gasteiger partial charge is 0.371 e. The SMILES string of the molecule is COc1ccc(C(C)NCc2cc(C(=O)O)oc2C)cc1. The lowest BCUT2D eigenvalue weighted by Gasteiger charge is -2.14. The van der Waals surface area contributed by atoms with Crippen molar-refractivity contribution in [3.63, 3.8) is 0 Å². The zero-order chi connectivity index (χ0) is 15.4. The number of carbonyl (C=O) groups is 1. The monoisotopic (exact) mass is 289 g/mol. The van der Waals surface area contributed by atoms with Crippen molar-refractivity contribution in [1.29, 1.82) is 0 Å². The predicted molar refractivity (Wildman–Crippen MR) is 78.7 cm³/mol. The summed E-state index contributed by atoms with van der Waals surface area (Å²) in [5.41, 5.74) is 1.99. The number of hydrogen-bond donors (Lipinski definition) is 2. The maximum Gasteiger partial charge on any atom is 0.371 e. The number of aryl methyl sites for hydroxylation is 1. The molecule has 0 aliphatic rings. The van der Waals surface area contributed by atoms with Crippen LogP contribution in [-0.2, 0) is 6.54 Å². The maximum atomic E-state index is 10.9. The molecule has 1 heterocycles. The molecule has 1 aromatic carbocycles. The maximum absolute atomic E-state index is 10.9. The van der Waals surface area contributed by atoms with Crippen molar-refractivity contribution in [2.75, 3.05) is 7.11 Å². The predicted octanol–water partition coefficient (Wildman–Crippen LogP) is 3.15. The van der Waals surface area contributed by atoms with Crippen molar-refractivity contribution in [3.05, 3.63) is 53.0 Å². The molecule has 21 heavy (non-hydrogen) atoms. The van der Waals surface area contributed by atoms with Crippen molar-refractivity contribution >= 4 is 5.97 Å². The summed E-state index contributed by atoms with van der Waals surface area (Å²) in [6.45, 7) is 4.37. The van der Waals surface area contributed by atoms with Crippen LogP contribution in [-0.4, -0.2) is 18.2 Å². The zero-order valence-electron chi connectivity index (χ0n) is 12.3. The van der Waals surface area contributed by atoms with E-state index in [2.05, 4.69) is 12.2 Å². The number of carboxylic acids is 1. The summed E-state index contributed by atoms with van der Waals surface area (Å²) in [4.78, 5) is 10.9. The number of ether oxygens (including phenoxy) is 1. The summed E-state index contributed by atoms with van der Waals surface area (Å²) in [7, 11) is 1.64. The molecule has 0 spiro atoms. The lowest BCUT2D eigenvalue weighted by atomic mass is 10.1. The minimum absolute atomic E-state index is 0.0265. The molecule has 0 bridgehead atoms. The highest BCUT2D eigenvalue weighted by Crippen LogP contribution is 2.19. The molecule has 2 rings (SSSR count). The van der Waals surface area contributed by atoms with Gasteiger partial charge in [-0.05, 0) is 37.6 Å². The van der Waals surface area contributed by atoms with Gasteiger partial charge in [-0.3, -0.25) is 0 Å². The Morgan fingerprint density at radius 3 is 2.57 bits per heavy atom. The largest absolute Gasteiger partial charge is 0.497 e. The van der Waals surface area contributed by atoms with Gasteiger partial charge in [0.15, 0.2) is 0 Å². The fourth-order valence-electron chi connectivity index (χ4n) is 2.07. The van der Waals surface area contributed by atoms with E-state index in [9.17, 15) is 4.79 Å². The van der Waals surface area contributed by atoms with Crippen LogP contribution in [0.1, 0.15) is 40.4 Å². The van der Waals surface area contributed by atoms with E-state index in [1.54, 1.807) is 20.1 Å². The van der Waals surface area contributed by atoms with Gasteiger partial charge < -0.3 is 19.6 Å². The van der Waals surface area contributed by atoms with E-state index in [4.69, 9.17) is 14.3 Å². The minimum atomic E-state index is -1.05. The van der Waals surface area contributed by atoms with Gasteiger partial charge in [-0.15, -0.1) is 0 Å². The molecule has 1 unspecified atom stereocenters. The van der Waals surface area contributed by atoms with Crippen molar-refractivity contribution in [2.24, 2.45) is 0 Å². The third kappa shape index (κ3) is 3.64. The molecule has 0 saturated heterocycles. The molecule has 5 heteroatoms. The Hall–Kier alpha value is -2.27. The molecule has 0 amide bonds. The van der Waals surface area contributed by atoms with Crippen LogP contribution in [0, 0.1) is 6.92 Å². The second-order valence-electron chi connectivity index (χ2n) is 4.87. The summed E-state index contributed by atoms with van der Waals surface area (Å²) in [5, 5.41) is 12.3. The van der Waals surface area contributed by atoms with E-state index in [0.29, 0.717) is 12.3 Å². The van der Waals surface area contributed by atoms with Gasteiger partial charge in [-0.25, -0.2) is 4.79 Å². The second-order valence-corrected chi connectivity index (χ2v) is 4.87. The number of furan rings is 1. The fraction of sp³-hybridized carbons (Fsp3) is 0.312. The highest BCUT2D eigenvalue weighted by Gasteiger charge is 2.14. The van der Waals surface area contributed by atoms with Crippen LogP contribution >= 0.6 is 0 Å². The lowest BCUT2D eigenvalue weighted by Crippen LogP contribution is -2.18. The minimum Gasteiger partial charge on any atom is -0.497 e. The number of benzene rings is 1. The number of rotatable bonds is 6. The van der Waals surface area contributed by atoms with E-state index in [1.165, 1.54) is 0 Å². The molecule has 0 aliphatic carbocycles. The first-order valence-corrected chi connectivity index (χ1v) is 6.71. The molecular formula is C16H19NO4. The van der Waals surface area contributed by atoms with E-state index >= 15 is 0 Å². The molecular weight excluding hydrogens is 270 g/mol. The summed E-state index contributed by atoms with van der Waals surface area (Å²) in [6, 6.07) is 9.53. The molecule has 2 N–H and O–H groups in total. The fourth-order valence-corrected chi connectivity index (χ4v) is 2.07. The quantitative estimate of drug-likeness (QED) is 0.854. The molecule has 5 nitrogen and oxygen atoms in total. The van der Waals surface area contributed by atoms with E-state index in [0.717, 1.165) is 16.9 Å². The topological polar surface area (TPSA) is 71.7 Å². The molecule has 1 aromatic heterocycles. The van der Waals surface area contributed by atoms with Gasteiger partial charge in [0.1, 0.15) is 11.5 Å². The van der Waals surface area contributed by atoms with Gasteiger partial charge in [0.2, 0.25) is 5.76 Å². The normalized spacial score (nSPS) is 12.1. The summed E-state index contributed by atoms with van der Waals surface area (Å²) in [6.07, 6.45) is 0. The van der Waals surface area contributed by atoms with Crippen LogP contribution in [0.3, 0.4) is 0 Å². The van der Waals surface area contributed by atoms with Gasteiger partial charge in [-0.1, -0.05) is 12.1 Å². The first kappa shape index (κ1) is 15.1. The average Bonchev–Trinajstić information content (AvgIpc) is 2.86. The lowest BCUT2D eigenvalue weighted by molar-refractivity contribution is 0.0661. The summed E-state index contributed by atoms with van der Waals surface area (Å²) >= 11 is 0. The molecule has 0 aliphatic heterocycles. The van der Waals surface area contributed by atoms with E-state index in [1.807, 2.05) is 24.3 Å². The third-order valence-electron chi connectivity index (χ3n) is 3.45. The van der Waals surface area contributed by atoms with Crippen LogP contribution in [0.5, 0.6) is 5.75 Å². The Bertz CT molecular complexity index is 616. The van der Waals surface area contributed by atoms with Gasteiger partial charge in [0.05, 0.1) is 7.11 Å². The van der Waals surface area contributed by atoms with Crippen LogP contribution in [0.15, 0.2) is 34.7 Å². The molecule has 0 radical (unpaired) electrons. The van der Waals surface area contributed by atoms with E-state index in [-0.39, 0.29) is 11.8 Å². The number of hydrogen-bond acceptors (Lipinski definition) is 4. The Labute approximate surface area is 123 Å². The van der Waals surface area contributed by atoms with Crippen molar-refractivity contribution in [2.45, 2.75) is 26.4 Å².